The van der Waals surface area contributed by atoms with E-state index in [1.807, 2.05) is 6.92 Å². The van der Waals surface area contributed by atoms with Crippen LogP contribution in [0.3, 0.4) is 0 Å². The number of aliphatic carboxylic acids is 1. The predicted octanol–water partition coefficient (Wildman–Crippen LogP) is -4.46. The van der Waals surface area contributed by atoms with Crippen molar-refractivity contribution in [2.75, 3.05) is 20.3 Å². The Kier molecular flexibility index (Phi) is 9.43. The molecule has 6 nitrogen and oxygen atoms in total. The van der Waals surface area contributed by atoms with Gasteiger partial charge in [-0.25, -0.2) is 0 Å². The summed E-state index contributed by atoms with van der Waals surface area (Å²) in [6.07, 6.45) is -1.70. The van der Waals surface area contributed by atoms with Crippen LogP contribution < -0.4 is 34.7 Å². The maximum absolute atomic E-state index is 10.2. The summed E-state index contributed by atoms with van der Waals surface area (Å²) in [5, 5.41) is 29.9. The molecule has 0 aromatic carbocycles. The third-order valence-electron chi connectivity index (χ3n) is 3.46. The quantitative estimate of drug-likeness (QED) is 0.377. The van der Waals surface area contributed by atoms with Gasteiger partial charge in [0, 0.05) is 25.4 Å². The van der Waals surface area contributed by atoms with Crippen molar-refractivity contribution in [3.8, 4) is 0 Å². The van der Waals surface area contributed by atoms with Crippen molar-refractivity contribution >= 4 is 5.97 Å². The van der Waals surface area contributed by atoms with Crippen molar-refractivity contribution in [1.29, 1.82) is 0 Å². The van der Waals surface area contributed by atoms with E-state index in [4.69, 9.17) is 9.47 Å². The number of aliphatic hydroxyl groups excluding tert-OH is 2. The largest absolute Gasteiger partial charge is 1.00 e. The molecule has 106 valence electrons. The topological polar surface area (TPSA) is 99.1 Å². The number of methoxy groups -OCH3 is 1. The number of aliphatic hydroxyl groups is 2. The second-order valence-electron chi connectivity index (χ2n) is 4.85. The summed E-state index contributed by atoms with van der Waals surface area (Å²) in [6, 6.07) is 0. The van der Waals surface area contributed by atoms with Crippen LogP contribution in [0.15, 0.2) is 0 Å². The first kappa shape index (κ1) is 19.3. The molecule has 0 spiro atoms. The van der Waals surface area contributed by atoms with Crippen LogP contribution in [0.4, 0.5) is 0 Å². The van der Waals surface area contributed by atoms with E-state index in [1.165, 1.54) is 7.11 Å². The molecule has 0 radical (unpaired) electrons. The van der Waals surface area contributed by atoms with E-state index in [-0.39, 0.29) is 54.4 Å². The van der Waals surface area contributed by atoms with E-state index in [1.54, 1.807) is 0 Å². The number of hydrogen-bond donors (Lipinski definition) is 2. The van der Waals surface area contributed by atoms with Crippen molar-refractivity contribution in [2.24, 2.45) is 11.8 Å². The van der Waals surface area contributed by atoms with Crippen LogP contribution in [0.2, 0.25) is 0 Å². The standard InChI is InChI=1S/C12H22O6.Na/c1-7-5-8(6-18-4-3-9(13)14)12(17-2)11(16)10(7)15;/h7-8,10-12,15-16H,3-6H2,1-2H3,(H,13,14);/q;+1/p-1/t7-,8?,10?,11-,12+;/m0./s1. The molecule has 0 amide bonds. The summed E-state index contributed by atoms with van der Waals surface area (Å²) in [7, 11) is 1.48. The van der Waals surface area contributed by atoms with Gasteiger partial charge in [0.2, 0.25) is 0 Å². The molecule has 1 aliphatic rings. The molecule has 5 atom stereocenters. The van der Waals surface area contributed by atoms with Crippen LogP contribution >= 0.6 is 0 Å². The molecule has 1 aliphatic carbocycles. The summed E-state index contributed by atoms with van der Waals surface area (Å²) in [4.78, 5) is 10.2. The van der Waals surface area contributed by atoms with Crippen LogP contribution in [0.5, 0.6) is 0 Å². The van der Waals surface area contributed by atoms with E-state index < -0.39 is 24.3 Å². The average molecular weight is 284 g/mol. The van der Waals surface area contributed by atoms with E-state index in [0.29, 0.717) is 13.0 Å². The van der Waals surface area contributed by atoms with E-state index in [9.17, 15) is 20.1 Å². The smallest absolute Gasteiger partial charge is 0.550 e. The van der Waals surface area contributed by atoms with Gasteiger partial charge in [-0.1, -0.05) is 6.92 Å². The number of carbonyl (C=O) groups excluding carboxylic acids is 1. The zero-order valence-electron chi connectivity index (χ0n) is 11.7. The van der Waals surface area contributed by atoms with Crippen LogP contribution in [-0.2, 0) is 14.3 Å². The van der Waals surface area contributed by atoms with Gasteiger partial charge in [-0.15, -0.1) is 0 Å². The van der Waals surface area contributed by atoms with Gasteiger partial charge in [-0.05, 0) is 12.3 Å². The van der Waals surface area contributed by atoms with Crippen molar-refractivity contribution in [3.63, 3.8) is 0 Å². The molecule has 1 saturated carbocycles. The third kappa shape index (κ3) is 5.67. The molecular formula is C12H21NaO6. The molecular weight excluding hydrogens is 263 g/mol. The monoisotopic (exact) mass is 284 g/mol. The molecule has 0 aromatic rings. The minimum atomic E-state index is -1.15. The first-order valence-corrected chi connectivity index (χ1v) is 6.13. The summed E-state index contributed by atoms with van der Waals surface area (Å²) in [5.41, 5.74) is 0. The van der Waals surface area contributed by atoms with Gasteiger partial charge in [0.25, 0.3) is 0 Å². The van der Waals surface area contributed by atoms with Gasteiger partial charge in [0.15, 0.2) is 0 Å². The maximum atomic E-state index is 10.2. The van der Waals surface area contributed by atoms with Gasteiger partial charge in [0.1, 0.15) is 6.10 Å². The summed E-state index contributed by atoms with van der Waals surface area (Å²) in [5.74, 6) is -1.24. The Bertz CT molecular complexity index is 275. The Morgan fingerprint density at radius 3 is 2.53 bits per heavy atom. The molecule has 1 rings (SSSR count). The molecule has 2 N–H and O–H groups in total. The first-order chi connectivity index (χ1) is 8.47. The van der Waals surface area contributed by atoms with Crippen molar-refractivity contribution in [2.45, 2.75) is 38.1 Å². The Labute approximate surface area is 135 Å². The van der Waals surface area contributed by atoms with Gasteiger partial charge < -0.3 is 29.6 Å². The average Bonchev–Trinajstić information content (AvgIpc) is 2.32. The van der Waals surface area contributed by atoms with Crippen LogP contribution in [0.25, 0.3) is 0 Å². The van der Waals surface area contributed by atoms with E-state index in [2.05, 4.69) is 0 Å². The third-order valence-corrected chi connectivity index (χ3v) is 3.46. The van der Waals surface area contributed by atoms with Crippen LogP contribution in [0.1, 0.15) is 19.8 Å². The van der Waals surface area contributed by atoms with Crippen molar-refractivity contribution in [1.82, 2.24) is 0 Å². The zero-order chi connectivity index (χ0) is 13.7. The molecule has 0 saturated heterocycles. The van der Waals surface area contributed by atoms with Gasteiger partial charge in [-0.3, -0.25) is 0 Å². The van der Waals surface area contributed by atoms with Gasteiger partial charge >= 0.3 is 29.6 Å². The number of rotatable bonds is 6. The summed E-state index contributed by atoms with van der Waals surface area (Å²) in [6.45, 7) is 2.25. The fraction of sp³-hybridized carbons (Fsp3) is 0.917. The van der Waals surface area contributed by atoms with Crippen molar-refractivity contribution in [3.05, 3.63) is 0 Å². The minimum Gasteiger partial charge on any atom is -0.550 e. The molecule has 0 bridgehead atoms. The van der Waals surface area contributed by atoms with Crippen LogP contribution in [-0.4, -0.2) is 54.8 Å². The van der Waals surface area contributed by atoms with E-state index in [0.717, 1.165) is 0 Å². The second-order valence-corrected chi connectivity index (χ2v) is 4.85. The SMILES string of the molecule is CO[C@@H]1C(COCCC(=O)[O-])C[C@H](C)C(O)[C@@H]1O.[Na+]. The molecule has 1 fully saturated rings. The number of ether oxygens (including phenoxy) is 2. The Morgan fingerprint density at radius 2 is 2.00 bits per heavy atom. The second kappa shape index (κ2) is 9.28. The molecule has 19 heavy (non-hydrogen) atoms. The molecule has 2 unspecified atom stereocenters. The Morgan fingerprint density at radius 1 is 1.37 bits per heavy atom. The fourth-order valence-corrected chi connectivity index (χ4v) is 2.45. The summed E-state index contributed by atoms with van der Waals surface area (Å²) < 4.78 is 10.4. The Hall–Kier alpha value is 0.310. The summed E-state index contributed by atoms with van der Waals surface area (Å²) >= 11 is 0. The molecule has 0 aromatic heterocycles. The molecule has 0 aliphatic heterocycles. The predicted molar refractivity (Wildman–Crippen MR) is 60.5 cm³/mol. The van der Waals surface area contributed by atoms with Crippen LogP contribution in [0, 0.1) is 11.8 Å². The molecule has 7 heteroatoms. The fourth-order valence-electron chi connectivity index (χ4n) is 2.45. The van der Waals surface area contributed by atoms with Gasteiger partial charge in [-0.2, -0.15) is 0 Å². The Balaban J connectivity index is 0.00000324. The van der Waals surface area contributed by atoms with E-state index >= 15 is 0 Å². The number of carbonyl (C=O) groups is 1. The number of hydrogen-bond acceptors (Lipinski definition) is 6. The number of carboxylic acid groups (broad SMARTS) is 1. The minimum absolute atomic E-state index is 0. The van der Waals surface area contributed by atoms with Crippen molar-refractivity contribution < 1.29 is 59.1 Å². The first-order valence-electron chi connectivity index (χ1n) is 6.13. The maximum Gasteiger partial charge on any atom is 1.00 e. The normalized spacial score (nSPS) is 34.6. The molecule has 0 heterocycles. The van der Waals surface area contributed by atoms with Gasteiger partial charge in [0.05, 0.1) is 25.4 Å². The zero-order valence-corrected chi connectivity index (χ0v) is 13.7. The number of carboxylic acids is 1.